The van der Waals surface area contributed by atoms with Crippen LogP contribution in [0.15, 0.2) is 11.1 Å². The van der Waals surface area contributed by atoms with Crippen LogP contribution in [0.25, 0.3) is 0 Å². The largest absolute Gasteiger partial charge is 0.302 e. The summed E-state index contributed by atoms with van der Waals surface area (Å²) in [6.45, 7) is 5.22. The van der Waals surface area contributed by atoms with Gasteiger partial charge in [0.05, 0.1) is 6.61 Å². The Balaban J connectivity index is 3.07. The topological polar surface area (TPSA) is 21.3 Å². The molecule has 54 valence electrons. The van der Waals surface area contributed by atoms with Crippen LogP contribution in [0, 0.1) is 0 Å². The molecule has 1 N–H and O–H groups in total. The van der Waals surface area contributed by atoms with Crippen molar-refractivity contribution in [1.29, 1.82) is 0 Å². The van der Waals surface area contributed by atoms with Crippen molar-refractivity contribution in [3.8, 4) is 0 Å². The molecule has 0 aromatic heterocycles. The molecule has 0 saturated heterocycles. The van der Waals surface area contributed by atoms with Crippen molar-refractivity contribution < 1.29 is 4.84 Å². The zero-order valence-corrected chi connectivity index (χ0v) is 6.53. The fourth-order valence-corrected chi connectivity index (χ4v) is 0.383. The molecular weight excluding hydrogens is 138 g/mol. The van der Waals surface area contributed by atoms with Crippen LogP contribution in [0.4, 0.5) is 0 Å². The predicted octanol–water partition coefficient (Wildman–Crippen LogP) is 1.67. The SMILES string of the molecule is CCONC/C(C)=C/Cl. The van der Waals surface area contributed by atoms with Crippen LogP contribution < -0.4 is 5.48 Å². The standard InChI is InChI=1S/C6H12ClNO/c1-3-9-8-5-6(2)4-7/h4,8H,3,5H2,1-2H3/b6-4+. The van der Waals surface area contributed by atoms with Crippen LogP contribution in [0.5, 0.6) is 0 Å². The molecule has 0 saturated carbocycles. The van der Waals surface area contributed by atoms with Crippen molar-refractivity contribution in [2.75, 3.05) is 13.2 Å². The van der Waals surface area contributed by atoms with Crippen LogP contribution >= 0.6 is 11.6 Å². The van der Waals surface area contributed by atoms with E-state index in [1.54, 1.807) is 0 Å². The third kappa shape index (κ3) is 5.83. The van der Waals surface area contributed by atoms with Gasteiger partial charge in [0.2, 0.25) is 0 Å². The molecule has 0 heterocycles. The van der Waals surface area contributed by atoms with Gasteiger partial charge in [0.25, 0.3) is 0 Å². The average molecular weight is 150 g/mol. The van der Waals surface area contributed by atoms with Crippen LogP contribution in [0.2, 0.25) is 0 Å². The van der Waals surface area contributed by atoms with E-state index in [9.17, 15) is 0 Å². The Morgan fingerprint density at radius 2 is 2.44 bits per heavy atom. The lowest BCUT2D eigenvalue weighted by Crippen LogP contribution is -2.16. The second-order valence-electron chi connectivity index (χ2n) is 1.71. The third-order valence-electron chi connectivity index (χ3n) is 0.784. The van der Waals surface area contributed by atoms with Gasteiger partial charge in [-0.05, 0) is 19.4 Å². The molecule has 0 rings (SSSR count). The molecule has 0 aliphatic rings. The Hall–Kier alpha value is -0.0500. The first-order valence-corrected chi connectivity index (χ1v) is 3.35. The van der Waals surface area contributed by atoms with Crippen LogP contribution in [0.3, 0.4) is 0 Å². The van der Waals surface area contributed by atoms with E-state index in [4.69, 9.17) is 16.4 Å². The van der Waals surface area contributed by atoms with Crippen LogP contribution in [-0.2, 0) is 4.84 Å². The molecule has 0 aromatic rings. The Morgan fingerprint density at radius 1 is 1.78 bits per heavy atom. The maximum absolute atomic E-state index is 5.37. The fourth-order valence-electron chi connectivity index (χ4n) is 0.306. The maximum Gasteiger partial charge on any atom is 0.0654 e. The molecule has 0 amide bonds. The lowest BCUT2D eigenvalue weighted by Gasteiger charge is -2.01. The van der Waals surface area contributed by atoms with E-state index in [1.807, 2.05) is 13.8 Å². The molecule has 2 nitrogen and oxygen atoms in total. The summed E-state index contributed by atoms with van der Waals surface area (Å²) in [6, 6.07) is 0. The fraction of sp³-hybridized carbons (Fsp3) is 0.667. The first-order chi connectivity index (χ1) is 4.31. The van der Waals surface area contributed by atoms with Gasteiger partial charge in [0.15, 0.2) is 0 Å². The van der Waals surface area contributed by atoms with Crippen molar-refractivity contribution in [3.63, 3.8) is 0 Å². The van der Waals surface area contributed by atoms with E-state index in [0.717, 1.165) is 5.57 Å². The van der Waals surface area contributed by atoms with Gasteiger partial charge in [0, 0.05) is 12.1 Å². The molecule has 0 spiro atoms. The predicted molar refractivity (Wildman–Crippen MR) is 39.2 cm³/mol. The minimum absolute atomic E-state index is 0.676. The molecular formula is C6H12ClNO. The lowest BCUT2D eigenvalue weighted by atomic mass is 10.4. The molecule has 0 aliphatic heterocycles. The first-order valence-electron chi connectivity index (χ1n) is 2.91. The van der Waals surface area contributed by atoms with E-state index in [-0.39, 0.29) is 0 Å². The molecule has 0 bridgehead atoms. The van der Waals surface area contributed by atoms with E-state index >= 15 is 0 Å². The molecule has 0 fully saturated rings. The van der Waals surface area contributed by atoms with Gasteiger partial charge < -0.3 is 4.84 Å². The third-order valence-corrected chi connectivity index (χ3v) is 1.16. The second kappa shape index (κ2) is 6.08. The van der Waals surface area contributed by atoms with Gasteiger partial charge in [-0.25, -0.2) is 0 Å². The molecule has 0 aliphatic carbocycles. The molecule has 3 heteroatoms. The van der Waals surface area contributed by atoms with E-state index in [0.29, 0.717) is 13.2 Å². The summed E-state index contributed by atoms with van der Waals surface area (Å²) in [5.74, 6) is 0. The highest BCUT2D eigenvalue weighted by Gasteiger charge is 1.85. The maximum atomic E-state index is 5.37. The Kier molecular flexibility index (Phi) is 6.04. The number of rotatable bonds is 4. The quantitative estimate of drug-likeness (QED) is 0.485. The van der Waals surface area contributed by atoms with Gasteiger partial charge in [-0.1, -0.05) is 11.6 Å². The minimum atomic E-state index is 0.676. The van der Waals surface area contributed by atoms with Crippen LogP contribution in [0.1, 0.15) is 13.8 Å². The van der Waals surface area contributed by atoms with Crippen molar-refractivity contribution in [2.24, 2.45) is 0 Å². The molecule has 0 unspecified atom stereocenters. The van der Waals surface area contributed by atoms with Gasteiger partial charge >= 0.3 is 0 Å². The van der Waals surface area contributed by atoms with Crippen molar-refractivity contribution in [1.82, 2.24) is 5.48 Å². The lowest BCUT2D eigenvalue weighted by molar-refractivity contribution is 0.0572. The summed E-state index contributed by atoms with van der Waals surface area (Å²) in [4.78, 5) is 4.86. The molecule has 0 radical (unpaired) electrons. The molecule has 0 aromatic carbocycles. The summed E-state index contributed by atoms with van der Waals surface area (Å²) in [6.07, 6.45) is 0. The van der Waals surface area contributed by atoms with Gasteiger partial charge in [-0.3, -0.25) is 0 Å². The molecule has 0 atom stereocenters. The Morgan fingerprint density at radius 3 is 2.89 bits per heavy atom. The van der Waals surface area contributed by atoms with Gasteiger partial charge in [0.1, 0.15) is 0 Å². The summed E-state index contributed by atoms with van der Waals surface area (Å²) in [5, 5.41) is 0. The highest BCUT2D eigenvalue weighted by Crippen LogP contribution is 1.91. The number of nitrogens with one attached hydrogen (secondary N) is 1. The summed E-state index contributed by atoms with van der Waals surface area (Å²) < 4.78 is 0. The number of hydrogen-bond acceptors (Lipinski definition) is 2. The zero-order chi connectivity index (χ0) is 7.11. The molecule has 9 heavy (non-hydrogen) atoms. The number of hydrogen-bond donors (Lipinski definition) is 1. The van der Waals surface area contributed by atoms with E-state index in [2.05, 4.69) is 5.48 Å². The highest BCUT2D eigenvalue weighted by atomic mass is 35.5. The summed E-state index contributed by atoms with van der Waals surface area (Å²) >= 11 is 5.37. The zero-order valence-electron chi connectivity index (χ0n) is 5.78. The smallest absolute Gasteiger partial charge is 0.0654 e. The number of halogens is 1. The monoisotopic (exact) mass is 149 g/mol. The summed E-state index contributed by atoms with van der Waals surface area (Å²) in [5.41, 5.74) is 5.33. The highest BCUT2D eigenvalue weighted by molar-refractivity contribution is 6.25. The van der Waals surface area contributed by atoms with Gasteiger partial charge in [-0.15, -0.1) is 0 Å². The van der Waals surface area contributed by atoms with E-state index < -0.39 is 0 Å². The summed E-state index contributed by atoms with van der Waals surface area (Å²) in [7, 11) is 0. The Bertz CT molecular complexity index is 93.1. The van der Waals surface area contributed by atoms with Crippen molar-refractivity contribution in [3.05, 3.63) is 11.1 Å². The Labute approximate surface area is 60.8 Å². The van der Waals surface area contributed by atoms with Gasteiger partial charge in [-0.2, -0.15) is 5.48 Å². The first kappa shape index (κ1) is 8.95. The number of hydroxylamine groups is 1. The second-order valence-corrected chi connectivity index (χ2v) is 1.93. The van der Waals surface area contributed by atoms with Crippen LogP contribution in [-0.4, -0.2) is 13.2 Å². The minimum Gasteiger partial charge on any atom is -0.302 e. The normalized spacial score (nSPS) is 12.1. The van der Waals surface area contributed by atoms with Crippen molar-refractivity contribution in [2.45, 2.75) is 13.8 Å². The van der Waals surface area contributed by atoms with Crippen molar-refractivity contribution >= 4 is 11.6 Å². The van der Waals surface area contributed by atoms with E-state index in [1.165, 1.54) is 5.54 Å². The average Bonchev–Trinajstić information content (AvgIpc) is 1.89.